The minimum Gasteiger partial charge on any atom is -0.378 e. The number of aromatic nitrogens is 1. The molecule has 0 aromatic carbocycles. The third-order valence-electron chi connectivity index (χ3n) is 2.30. The van der Waals surface area contributed by atoms with Crippen LogP contribution in [-0.4, -0.2) is 31.3 Å². The van der Waals surface area contributed by atoms with Gasteiger partial charge in [0.1, 0.15) is 5.82 Å². The number of hydrogen-bond acceptors (Lipinski definition) is 3. The van der Waals surface area contributed by atoms with E-state index < -0.39 is 0 Å². The number of nitrogens with zero attached hydrogens (tertiary/aromatic N) is 2. The van der Waals surface area contributed by atoms with Crippen molar-refractivity contribution in [2.24, 2.45) is 0 Å². The van der Waals surface area contributed by atoms with Crippen LogP contribution in [0.2, 0.25) is 0 Å². The molecule has 15 heavy (non-hydrogen) atoms. The molecule has 0 N–H and O–H groups in total. The van der Waals surface area contributed by atoms with Crippen LogP contribution in [0.5, 0.6) is 0 Å². The standard InChI is InChI=1S/C10H13ClN2O.ClH/c11-7-9-1-2-10(12-8-9)13-3-5-14-6-4-13;/h1-2,8H,3-7H2;1H. The molecule has 1 aromatic heterocycles. The van der Waals surface area contributed by atoms with Crippen molar-refractivity contribution in [3.63, 3.8) is 0 Å². The molecule has 1 aliphatic heterocycles. The summed E-state index contributed by atoms with van der Waals surface area (Å²) in [4.78, 5) is 6.58. The zero-order valence-corrected chi connectivity index (χ0v) is 9.93. The summed E-state index contributed by atoms with van der Waals surface area (Å²) >= 11 is 5.69. The van der Waals surface area contributed by atoms with Crippen molar-refractivity contribution in [1.29, 1.82) is 0 Å². The van der Waals surface area contributed by atoms with Crippen molar-refractivity contribution >= 4 is 29.8 Å². The average molecular weight is 249 g/mol. The number of ether oxygens (including phenoxy) is 1. The van der Waals surface area contributed by atoms with E-state index in [2.05, 4.69) is 9.88 Å². The summed E-state index contributed by atoms with van der Waals surface area (Å²) in [5.74, 6) is 1.54. The van der Waals surface area contributed by atoms with Gasteiger partial charge in [-0.3, -0.25) is 0 Å². The fourth-order valence-corrected chi connectivity index (χ4v) is 1.63. The Hall–Kier alpha value is -0.510. The molecule has 0 bridgehead atoms. The number of morpholine rings is 1. The fraction of sp³-hybridized carbons (Fsp3) is 0.500. The summed E-state index contributed by atoms with van der Waals surface area (Å²) in [6.07, 6.45) is 1.83. The van der Waals surface area contributed by atoms with Crippen LogP contribution in [0.15, 0.2) is 18.3 Å². The number of anilines is 1. The molecular weight excluding hydrogens is 235 g/mol. The molecule has 0 amide bonds. The van der Waals surface area contributed by atoms with E-state index in [4.69, 9.17) is 16.3 Å². The molecule has 3 nitrogen and oxygen atoms in total. The van der Waals surface area contributed by atoms with Gasteiger partial charge >= 0.3 is 0 Å². The van der Waals surface area contributed by atoms with E-state index in [9.17, 15) is 0 Å². The van der Waals surface area contributed by atoms with Crippen LogP contribution < -0.4 is 4.90 Å². The van der Waals surface area contributed by atoms with Gasteiger partial charge in [-0.05, 0) is 11.6 Å². The van der Waals surface area contributed by atoms with E-state index in [1.54, 1.807) is 0 Å². The van der Waals surface area contributed by atoms with Gasteiger partial charge < -0.3 is 9.64 Å². The van der Waals surface area contributed by atoms with Crippen LogP contribution >= 0.6 is 24.0 Å². The first-order valence-electron chi connectivity index (χ1n) is 4.74. The Kier molecular flexibility index (Phi) is 5.15. The molecule has 2 rings (SSSR count). The molecule has 0 spiro atoms. The van der Waals surface area contributed by atoms with Crippen LogP contribution in [0, 0.1) is 0 Å². The number of rotatable bonds is 2. The van der Waals surface area contributed by atoms with Crippen LogP contribution in [0.4, 0.5) is 5.82 Å². The molecule has 2 heterocycles. The second-order valence-electron chi connectivity index (χ2n) is 3.26. The van der Waals surface area contributed by atoms with Crippen molar-refractivity contribution in [3.8, 4) is 0 Å². The van der Waals surface area contributed by atoms with Gasteiger partial charge in [-0.25, -0.2) is 4.98 Å². The first kappa shape index (κ1) is 12.6. The molecule has 5 heteroatoms. The van der Waals surface area contributed by atoms with Crippen LogP contribution in [0.1, 0.15) is 5.56 Å². The summed E-state index contributed by atoms with van der Waals surface area (Å²) in [5.41, 5.74) is 1.06. The number of halogens is 2. The zero-order valence-electron chi connectivity index (χ0n) is 8.36. The molecule has 1 aliphatic rings. The highest BCUT2D eigenvalue weighted by Gasteiger charge is 2.11. The zero-order chi connectivity index (χ0) is 9.80. The molecular formula is C10H14Cl2N2O. The molecule has 0 aliphatic carbocycles. The SMILES string of the molecule is Cl.ClCc1ccc(N2CCOCC2)nc1. The highest BCUT2D eigenvalue weighted by atomic mass is 35.5. The van der Waals surface area contributed by atoms with Gasteiger partial charge in [0.15, 0.2) is 0 Å². The minimum absolute atomic E-state index is 0. The van der Waals surface area contributed by atoms with Crippen molar-refractivity contribution in [3.05, 3.63) is 23.9 Å². The monoisotopic (exact) mass is 248 g/mol. The summed E-state index contributed by atoms with van der Waals surface area (Å²) in [7, 11) is 0. The van der Waals surface area contributed by atoms with Gasteiger partial charge in [-0.1, -0.05) is 6.07 Å². The summed E-state index contributed by atoms with van der Waals surface area (Å²) in [5, 5.41) is 0. The molecule has 0 atom stereocenters. The Morgan fingerprint density at radius 1 is 1.33 bits per heavy atom. The molecule has 0 saturated carbocycles. The van der Waals surface area contributed by atoms with E-state index in [1.807, 2.05) is 18.3 Å². The highest BCUT2D eigenvalue weighted by molar-refractivity contribution is 6.17. The van der Waals surface area contributed by atoms with E-state index in [-0.39, 0.29) is 12.4 Å². The van der Waals surface area contributed by atoms with Gasteiger partial charge in [-0.2, -0.15) is 0 Å². The van der Waals surface area contributed by atoms with Gasteiger partial charge in [0, 0.05) is 25.2 Å². The maximum atomic E-state index is 5.69. The van der Waals surface area contributed by atoms with Crippen molar-refractivity contribution in [2.45, 2.75) is 5.88 Å². The maximum absolute atomic E-state index is 5.69. The van der Waals surface area contributed by atoms with Crippen molar-refractivity contribution in [2.75, 3.05) is 31.2 Å². The quantitative estimate of drug-likeness (QED) is 0.750. The second kappa shape index (κ2) is 6.16. The predicted octanol–water partition coefficient (Wildman–Crippen LogP) is 2.08. The van der Waals surface area contributed by atoms with Crippen molar-refractivity contribution in [1.82, 2.24) is 4.98 Å². The normalized spacial score (nSPS) is 15.9. The first-order chi connectivity index (χ1) is 6.90. The molecule has 84 valence electrons. The Labute approximate surface area is 101 Å². The lowest BCUT2D eigenvalue weighted by atomic mass is 10.3. The topological polar surface area (TPSA) is 25.4 Å². The van der Waals surface area contributed by atoms with Gasteiger partial charge in [0.25, 0.3) is 0 Å². The van der Waals surface area contributed by atoms with E-state index >= 15 is 0 Å². The smallest absolute Gasteiger partial charge is 0.128 e. The van der Waals surface area contributed by atoms with Gasteiger partial charge in [-0.15, -0.1) is 24.0 Å². The Bertz CT molecular complexity index is 286. The predicted molar refractivity (Wildman–Crippen MR) is 64.1 cm³/mol. The largest absolute Gasteiger partial charge is 0.378 e. The highest BCUT2D eigenvalue weighted by Crippen LogP contribution is 2.13. The molecule has 1 aromatic rings. The lowest BCUT2D eigenvalue weighted by molar-refractivity contribution is 0.122. The Morgan fingerprint density at radius 3 is 2.60 bits per heavy atom. The first-order valence-corrected chi connectivity index (χ1v) is 5.27. The summed E-state index contributed by atoms with van der Waals surface area (Å²) in [6.45, 7) is 3.43. The fourth-order valence-electron chi connectivity index (χ4n) is 1.48. The van der Waals surface area contributed by atoms with Gasteiger partial charge in [0.05, 0.1) is 13.2 Å². The summed E-state index contributed by atoms with van der Waals surface area (Å²) in [6, 6.07) is 4.04. The number of hydrogen-bond donors (Lipinski definition) is 0. The van der Waals surface area contributed by atoms with E-state index in [1.165, 1.54) is 0 Å². The number of alkyl halides is 1. The lowest BCUT2D eigenvalue weighted by Crippen LogP contribution is -2.36. The third-order valence-corrected chi connectivity index (χ3v) is 2.61. The van der Waals surface area contributed by atoms with Crippen molar-refractivity contribution < 1.29 is 4.74 Å². The van der Waals surface area contributed by atoms with Gasteiger partial charge in [0.2, 0.25) is 0 Å². The van der Waals surface area contributed by atoms with E-state index in [0.29, 0.717) is 5.88 Å². The lowest BCUT2D eigenvalue weighted by Gasteiger charge is -2.27. The minimum atomic E-state index is 0. The Morgan fingerprint density at radius 2 is 2.07 bits per heavy atom. The van der Waals surface area contributed by atoms with Crippen LogP contribution in [-0.2, 0) is 10.6 Å². The third kappa shape index (κ3) is 3.23. The second-order valence-corrected chi connectivity index (χ2v) is 3.52. The molecule has 1 saturated heterocycles. The molecule has 1 fully saturated rings. The Balaban J connectivity index is 0.00000112. The molecule has 0 unspecified atom stereocenters. The van der Waals surface area contributed by atoms with Crippen LogP contribution in [0.3, 0.4) is 0 Å². The van der Waals surface area contributed by atoms with Crippen LogP contribution in [0.25, 0.3) is 0 Å². The maximum Gasteiger partial charge on any atom is 0.128 e. The summed E-state index contributed by atoms with van der Waals surface area (Å²) < 4.78 is 5.28. The molecule has 0 radical (unpaired) electrons. The van der Waals surface area contributed by atoms with E-state index in [0.717, 1.165) is 37.7 Å². The number of pyridine rings is 1. The average Bonchev–Trinajstić information content (AvgIpc) is 2.30.